The van der Waals surface area contributed by atoms with Gasteiger partial charge in [-0.2, -0.15) is 0 Å². The number of phenols is 1. The molecule has 4 heterocycles. The number of nitrogens with zero attached hydrogens (tertiary/aromatic N) is 3. The normalized spacial score (nSPS) is 14.1. The van der Waals surface area contributed by atoms with Crippen molar-refractivity contribution in [1.29, 1.82) is 0 Å². The van der Waals surface area contributed by atoms with Gasteiger partial charge in [-0.15, -0.1) is 0 Å². The van der Waals surface area contributed by atoms with Crippen LogP contribution in [0, 0.1) is 0 Å². The quantitative estimate of drug-likeness (QED) is 0.120. The maximum absolute atomic E-state index is 12.5. The van der Waals surface area contributed by atoms with Crippen LogP contribution in [0.25, 0.3) is 43.6 Å². The number of aromatic nitrogens is 1. The summed E-state index contributed by atoms with van der Waals surface area (Å²) in [5.41, 5.74) is 4.46. The number of carbonyl (C=O) groups is 1. The van der Waals surface area contributed by atoms with Gasteiger partial charge in [0.25, 0.3) is 0 Å². The predicted octanol–water partition coefficient (Wildman–Crippen LogP) is 8.84. The number of fused-ring (bicyclic) bond motifs is 3. The fraction of sp³-hybridized carbons (Fsp3) is 0.256. The highest BCUT2D eigenvalue weighted by atomic mass is 16.4. The smallest absolute Gasteiger partial charge is 0.344 e. The topological polar surface area (TPSA) is 86.9 Å². The molecule has 0 atom stereocenters. The van der Waals surface area contributed by atoms with Crippen LogP contribution in [-0.4, -0.2) is 42.6 Å². The zero-order valence-corrected chi connectivity index (χ0v) is 24.4. The monoisotopic (exact) mass is 615 g/mol. The number of hydrogen-bond acceptors (Lipinski definition) is 7. The van der Waals surface area contributed by atoms with Crippen molar-refractivity contribution in [3.8, 4) is 16.9 Å². The molecule has 0 aliphatic carbocycles. The first-order valence-electron chi connectivity index (χ1n) is 15.2. The number of anilines is 2. The van der Waals surface area contributed by atoms with E-state index in [9.17, 15) is 14.7 Å². The van der Waals surface area contributed by atoms with Crippen molar-refractivity contribution in [2.75, 3.05) is 36.0 Å². The molecule has 0 radical (unpaired) electrons. The molecule has 236 valence electrons. The van der Waals surface area contributed by atoms with Crippen molar-refractivity contribution in [2.24, 2.45) is 0 Å². The van der Waals surface area contributed by atoms with Crippen molar-refractivity contribution < 1.29 is 14.3 Å². The summed E-state index contributed by atoms with van der Waals surface area (Å²) >= 11 is 0. The lowest BCUT2D eigenvalue weighted by Gasteiger charge is -2.18. The van der Waals surface area contributed by atoms with E-state index >= 15 is 0 Å². The van der Waals surface area contributed by atoms with Crippen molar-refractivity contribution in [2.45, 2.75) is 40.5 Å². The molecule has 7 heteroatoms. The van der Waals surface area contributed by atoms with Crippen molar-refractivity contribution in [1.82, 2.24) is 4.98 Å². The number of rotatable bonds is 4. The maximum Gasteiger partial charge on any atom is 0.344 e. The van der Waals surface area contributed by atoms with Gasteiger partial charge < -0.3 is 19.3 Å². The number of phenolic OH excluding ortho intramolecular Hbond substituents is 1. The molecule has 6 aromatic rings. The van der Waals surface area contributed by atoms with Gasteiger partial charge >= 0.3 is 5.63 Å². The molecule has 7 nitrogen and oxygen atoms in total. The molecule has 0 amide bonds. The van der Waals surface area contributed by atoms with E-state index in [4.69, 9.17) is 4.42 Å². The molecule has 2 aliphatic heterocycles. The Morgan fingerprint density at radius 2 is 1.22 bits per heavy atom. The van der Waals surface area contributed by atoms with Gasteiger partial charge in [-0.25, -0.2) is 4.79 Å². The van der Waals surface area contributed by atoms with E-state index in [1.54, 1.807) is 24.5 Å². The second-order valence-corrected chi connectivity index (χ2v) is 11.6. The van der Waals surface area contributed by atoms with Gasteiger partial charge in [0, 0.05) is 55.3 Å². The lowest BCUT2D eigenvalue weighted by molar-refractivity contribution is 0.112. The number of aromatic hydroxyl groups is 1. The first kappa shape index (κ1) is 32.2. The van der Waals surface area contributed by atoms with E-state index in [1.807, 2.05) is 30.3 Å². The Balaban J connectivity index is 0.000000185. The van der Waals surface area contributed by atoms with Crippen LogP contribution in [0.1, 0.15) is 50.9 Å². The fourth-order valence-electron chi connectivity index (χ4n) is 6.31. The van der Waals surface area contributed by atoms with Gasteiger partial charge in [-0.05, 0) is 120 Å². The first-order valence-corrected chi connectivity index (χ1v) is 15.2. The van der Waals surface area contributed by atoms with Crippen LogP contribution < -0.4 is 15.4 Å². The second-order valence-electron chi connectivity index (χ2n) is 11.6. The van der Waals surface area contributed by atoms with Crippen LogP contribution in [0.2, 0.25) is 0 Å². The third-order valence-corrected chi connectivity index (χ3v) is 8.70. The number of aldehydes is 1. The maximum atomic E-state index is 12.5. The minimum atomic E-state index is -0.321. The third kappa shape index (κ3) is 6.45. The zero-order chi connectivity index (χ0) is 30.0. The molecular weight excluding hydrogens is 574 g/mol. The summed E-state index contributed by atoms with van der Waals surface area (Å²) in [7, 11) is 0. The van der Waals surface area contributed by atoms with Crippen molar-refractivity contribution in [3.05, 3.63) is 107 Å². The highest BCUT2D eigenvalue weighted by Gasteiger charge is 2.15. The van der Waals surface area contributed by atoms with E-state index in [2.05, 4.69) is 51.2 Å². The molecule has 46 heavy (non-hydrogen) atoms. The fourth-order valence-corrected chi connectivity index (χ4v) is 6.31. The molecule has 0 spiro atoms. The Morgan fingerprint density at radius 3 is 1.80 bits per heavy atom. The summed E-state index contributed by atoms with van der Waals surface area (Å²) in [5, 5.41) is 14.9. The van der Waals surface area contributed by atoms with Crippen LogP contribution in [0.4, 0.5) is 11.4 Å². The first-order chi connectivity index (χ1) is 21.6. The van der Waals surface area contributed by atoms with Gasteiger partial charge in [-0.1, -0.05) is 27.0 Å². The Bertz CT molecular complexity index is 2040. The van der Waals surface area contributed by atoms with E-state index in [0.717, 1.165) is 58.7 Å². The van der Waals surface area contributed by atoms with Crippen molar-refractivity contribution >= 4 is 50.2 Å². The Labute approximate surface area is 269 Å². The van der Waals surface area contributed by atoms with E-state index in [1.165, 1.54) is 37.1 Å². The number of hydrogen-bond donors (Lipinski definition) is 1. The van der Waals surface area contributed by atoms with E-state index < -0.39 is 0 Å². The van der Waals surface area contributed by atoms with Crippen LogP contribution in [0.5, 0.6) is 5.75 Å². The Kier molecular flexibility index (Phi) is 9.71. The molecule has 8 rings (SSSR count). The minimum Gasteiger partial charge on any atom is -0.507 e. The van der Waals surface area contributed by atoms with Crippen LogP contribution >= 0.6 is 0 Å². The minimum absolute atomic E-state index is 0. The lowest BCUT2D eigenvalue weighted by atomic mass is 10.0. The molecule has 4 aromatic carbocycles. The summed E-state index contributed by atoms with van der Waals surface area (Å²) in [6.07, 6.45) is 9.03. The molecule has 0 unspecified atom stereocenters. The summed E-state index contributed by atoms with van der Waals surface area (Å²) in [5.74, 6) is 0.0519. The molecule has 2 saturated heterocycles. The SMILES string of the molecule is C.C.O=Cc1cc2ccc(N3CCCC3)cc2cc1O.O=c1oc2cc3cc(N4CCCC4)ccc3cc2cc1-c1ccncc1. The third-order valence-electron chi connectivity index (χ3n) is 8.70. The van der Waals surface area contributed by atoms with Crippen LogP contribution in [0.3, 0.4) is 0 Å². The summed E-state index contributed by atoms with van der Waals surface area (Å²) in [4.78, 5) is 32.0. The summed E-state index contributed by atoms with van der Waals surface area (Å²) < 4.78 is 5.63. The van der Waals surface area contributed by atoms with Crippen LogP contribution in [-0.2, 0) is 0 Å². The number of benzene rings is 4. The number of carbonyl (C=O) groups excluding carboxylic acids is 1. The Morgan fingerprint density at radius 1 is 0.652 bits per heavy atom. The standard InChI is InChI=1S/C22H18N2O2.C15H15NO2.2CH4/c25-22-20(15-5-7-23-8-6-15)13-18-11-16-3-4-19(24-9-1-2-10-24)12-17(16)14-21(18)26-22;17-10-13-7-11-3-4-14(16-5-1-2-6-16)8-12(11)9-15(13)18;;/h3-8,11-14H,1-2,9-10H2;3-4,7-10,18H,1-2,5-6H2;2*1H4. The molecule has 0 saturated carbocycles. The summed E-state index contributed by atoms with van der Waals surface area (Å²) in [6.45, 7) is 4.43. The van der Waals surface area contributed by atoms with Crippen molar-refractivity contribution in [3.63, 3.8) is 0 Å². The van der Waals surface area contributed by atoms with E-state index in [0.29, 0.717) is 23.0 Å². The Hall–Kier alpha value is -5.17. The average molecular weight is 616 g/mol. The van der Waals surface area contributed by atoms with Crippen LogP contribution in [0.15, 0.2) is 100 Å². The van der Waals surface area contributed by atoms with E-state index in [-0.39, 0.29) is 26.2 Å². The largest absolute Gasteiger partial charge is 0.507 e. The number of pyridine rings is 1. The predicted molar refractivity (Wildman–Crippen MR) is 191 cm³/mol. The lowest BCUT2D eigenvalue weighted by Crippen LogP contribution is -2.17. The summed E-state index contributed by atoms with van der Waals surface area (Å²) in [6, 6.07) is 25.7. The van der Waals surface area contributed by atoms with Gasteiger partial charge in [0.15, 0.2) is 6.29 Å². The molecule has 0 bridgehead atoms. The molecule has 2 fully saturated rings. The second kappa shape index (κ2) is 13.9. The molecular formula is C39H41N3O4. The molecule has 2 aromatic heterocycles. The van der Waals surface area contributed by atoms with Gasteiger partial charge in [0.05, 0.1) is 11.1 Å². The molecule has 1 N–H and O–H groups in total. The average Bonchev–Trinajstić information content (AvgIpc) is 3.79. The highest BCUT2D eigenvalue weighted by Crippen LogP contribution is 2.31. The van der Waals surface area contributed by atoms with Gasteiger partial charge in [0.2, 0.25) is 0 Å². The van der Waals surface area contributed by atoms with Gasteiger partial charge in [0.1, 0.15) is 11.3 Å². The molecule has 2 aliphatic rings. The highest BCUT2D eigenvalue weighted by molar-refractivity contribution is 5.98. The van der Waals surface area contributed by atoms with Gasteiger partial charge in [-0.3, -0.25) is 9.78 Å². The zero-order valence-electron chi connectivity index (χ0n) is 24.4.